The molecule has 0 aromatic heterocycles. The summed E-state index contributed by atoms with van der Waals surface area (Å²) in [4.78, 5) is 13.7. The molecule has 1 aromatic carbocycles. The molecule has 2 rings (SSSR count). The van der Waals surface area contributed by atoms with Crippen LogP contribution in [0.2, 0.25) is 5.02 Å². The summed E-state index contributed by atoms with van der Waals surface area (Å²) >= 11 is 5.79. The number of hydrogen-bond acceptors (Lipinski definition) is 1. The molecule has 0 radical (unpaired) electrons. The fourth-order valence-electron chi connectivity index (χ4n) is 1.96. The number of carbonyl (C=O) groups is 1. The van der Waals surface area contributed by atoms with E-state index in [0.717, 1.165) is 25.0 Å². The molecule has 1 atom stereocenters. The lowest BCUT2D eigenvalue weighted by Crippen LogP contribution is -2.36. The van der Waals surface area contributed by atoms with E-state index in [0.29, 0.717) is 5.92 Å². The smallest absolute Gasteiger partial charge is 0.255 e. The standard InChI is InChI=1S/C13H14ClF2NO/c1-7(8-3-4-8)17(2)13(18)9-5-11(15)12(16)6-10(9)14/h5-8H,3-4H2,1-2H3. The number of rotatable bonds is 3. The molecule has 5 heteroatoms. The number of hydrogen-bond donors (Lipinski definition) is 0. The molecule has 0 saturated heterocycles. The van der Waals surface area contributed by atoms with Crippen LogP contribution in [0.5, 0.6) is 0 Å². The van der Waals surface area contributed by atoms with Crippen molar-refractivity contribution in [1.82, 2.24) is 4.90 Å². The second-order valence-electron chi connectivity index (χ2n) is 4.74. The molecule has 0 aliphatic heterocycles. The van der Waals surface area contributed by atoms with Crippen molar-refractivity contribution in [2.45, 2.75) is 25.8 Å². The first kappa shape index (κ1) is 13.3. The van der Waals surface area contributed by atoms with E-state index in [2.05, 4.69) is 0 Å². The maximum Gasteiger partial charge on any atom is 0.255 e. The summed E-state index contributed by atoms with van der Waals surface area (Å²) in [5.41, 5.74) is 0.00515. The van der Waals surface area contributed by atoms with Crippen molar-refractivity contribution in [1.29, 1.82) is 0 Å². The van der Waals surface area contributed by atoms with Gasteiger partial charge in [0.15, 0.2) is 11.6 Å². The minimum absolute atomic E-state index is 0.00515. The lowest BCUT2D eigenvalue weighted by molar-refractivity contribution is 0.0727. The van der Waals surface area contributed by atoms with Crippen molar-refractivity contribution < 1.29 is 13.6 Å². The van der Waals surface area contributed by atoms with Gasteiger partial charge in [-0.25, -0.2) is 8.78 Å². The number of benzene rings is 1. The average molecular weight is 274 g/mol. The molecular formula is C13H14ClF2NO. The Morgan fingerprint density at radius 1 is 1.39 bits per heavy atom. The van der Waals surface area contributed by atoms with Gasteiger partial charge >= 0.3 is 0 Å². The number of nitrogens with zero attached hydrogens (tertiary/aromatic N) is 1. The molecule has 1 saturated carbocycles. The van der Waals surface area contributed by atoms with Crippen molar-refractivity contribution in [2.24, 2.45) is 5.92 Å². The van der Waals surface area contributed by atoms with Crippen LogP contribution in [0, 0.1) is 17.6 Å². The molecule has 1 aromatic rings. The number of halogens is 3. The molecule has 1 amide bonds. The molecule has 2 nitrogen and oxygen atoms in total. The zero-order valence-electron chi connectivity index (χ0n) is 10.2. The highest BCUT2D eigenvalue weighted by atomic mass is 35.5. The van der Waals surface area contributed by atoms with Gasteiger partial charge in [-0.15, -0.1) is 0 Å². The predicted molar refractivity (Wildman–Crippen MR) is 65.6 cm³/mol. The lowest BCUT2D eigenvalue weighted by Gasteiger charge is -2.25. The zero-order chi connectivity index (χ0) is 13.4. The van der Waals surface area contributed by atoms with Gasteiger partial charge in [0.05, 0.1) is 10.6 Å². The molecule has 1 aliphatic carbocycles. The fourth-order valence-corrected chi connectivity index (χ4v) is 2.19. The van der Waals surface area contributed by atoms with Crippen LogP contribution in [0.1, 0.15) is 30.1 Å². The fraction of sp³-hybridized carbons (Fsp3) is 0.462. The minimum atomic E-state index is -1.06. The summed E-state index contributed by atoms with van der Waals surface area (Å²) < 4.78 is 26.1. The molecular weight excluding hydrogens is 260 g/mol. The van der Waals surface area contributed by atoms with Crippen LogP contribution < -0.4 is 0 Å². The Morgan fingerprint density at radius 2 is 1.94 bits per heavy atom. The van der Waals surface area contributed by atoms with Crippen molar-refractivity contribution in [3.8, 4) is 0 Å². The maximum atomic E-state index is 13.2. The minimum Gasteiger partial charge on any atom is -0.339 e. The highest BCUT2D eigenvalue weighted by Crippen LogP contribution is 2.35. The maximum absolute atomic E-state index is 13.2. The van der Waals surface area contributed by atoms with E-state index >= 15 is 0 Å². The van der Waals surface area contributed by atoms with Gasteiger partial charge in [0.2, 0.25) is 0 Å². The third-order valence-corrected chi connectivity index (χ3v) is 3.79. The van der Waals surface area contributed by atoms with Crippen LogP contribution in [0.15, 0.2) is 12.1 Å². The van der Waals surface area contributed by atoms with E-state index in [1.54, 1.807) is 7.05 Å². The first-order chi connectivity index (χ1) is 8.41. The highest BCUT2D eigenvalue weighted by Gasteiger charge is 2.33. The van der Waals surface area contributed by atoms with Gasteiger partial charge in [0.25, 0.3) is 5.91 Å². The summed E-state index contributed by atoms with van der Waals surface area (Å²) in [6, 6.07) is 1.78. The van der Waals surface area contributed by atoms with Crippen molar-refractivity contribution in [2.75, 3.05) is 7.05 Å². The SMILES string of the molecule is CC(C1CC1)N(C)C(=O)c1cc(F)c(F)cc1Cl. The van der Waals surface area contributed by atoms with Crippen LogP contribution in [0.25, 0.3) is 0 Å². The third-order valence-electron chi connectivity index (χ3n) is 3.48. The van der Waals surface area contributed by atoms with Crippen LogP contribution in [-0.4, -0.2) is 23.9 Å². The Bertz CT molecular complexity index is 488. The molecule has 98 valence electrons. The van der Waals surface area contributed by atoms with Gasteiger partial charge < -0.3 is 4.90 Å². The van der Waals surface area contributed by atoms with Gasteiger partial charge in [-0.2, -0.15) is 0 Å². The zero-order valence-corrected chi connectivity index (χ0v) is 11.0. The molecule has 0 N–H and O–H groups in total. The van der Waals surface area contributed by atoms with Crippen molar-refractivity contribution >= 4 is 17.5 Å². The molecule has 1 aliphatic rings. The first-order valence-electron chi connectivity index (χ1n) is 5.83. The summed E-state index contributed by atoms with van der Waals surface area (Å²) in [6.45, 7) is 1.95. The Kier molecular flexibility index (Phi) is 3.57. The van der Waals surface area contributed by atoms with Crippen LogP contribution in [0.4, 0.5) is 8.78 Å². The van der Waals surface area contributed by atoms with Crippen LogP contribution >= 0.6 is 11.6 Å². The molecule has 0 spiro atoms. The van der Waals surface area contributed by atoms with E-state index in [4.69, 9.17) is 11.6 Å². The average Bonchev–Trinajstić information content (AvgIpc) is 3.15. The van der Waals surface area contributed by atoms with Gasteiger partial charge in [-0.05, 0) is 37.8 Å². The lowest BCUT2D eigenvalue weighted by atomic mass is 10.1. The van der Waals surface area contributed by atoms with Gasteiger partial charge in [-0.1, -0.05) is 11.6 Å². The Hall–Kier alpha value is -1.16. The predicted octanol–water partition coefficient (Wildman–Crippen LogP) is 3.49. The molecule has 0 bridgehead atoms. The summed E-state index contributed by atoms with van der Waals surface area (Å²) in [5, 5.41) is -0.0613. The number of carbonyl (C=O) groups excluding carboxylic acids is 1. The highest BCUT2D eigenvalue weighted by molar-refractivity contribution is 6.33. The molecule has 1 unspecified atom stereocenters. The van der Waals surface area contributed by atoms with Crippen LogP contribution in [-0.2, 0) is 0 Å². The first-order valence-corrected chi connectivity index (χ1v) is 6.21. The van der Waals surface area contributed by atoms with Crippen molar-refractivity contribution in [3.63, 3.8) is 0 Å². The van der Waals surface area contributed by atoms with Gasteiger partial charge in [0, 0.05) is 13.1 Å². The van der Waals surface area contributed by atoms with E-state index in [1.165, 1.54) is 4.90 Å². The Morgan fingerprint density at radius 3 is 2.50 bits per heavy atom. The summed E-state index contributed by atoms with van der Waals surface area (Å²) in [7, 11) is 1.66. The van der Waals surface area contributed by atoms with Crippen molar-refractivity contribution in [3.05, 3.63) is 34.4 Å². The van der Waals surface area contributed by atoms with Crippen LogP contribution in [0.3, 0.4) is 0 Å². The van der Waals surface area contributed by atoms with E-state index in [1.807, 2.05) is 6.92 Å². The monoisotopic (exact) mass is 273 g/mol. The molecule has 1 fully saturated rings. The normalized spacial score (nSPS) is 16.5. The number of amides is 1. The Labute approximate surface area is 110 Å². The molecule has 18 heavy (non-hydrogen) atoms. The molecule has 0 heterocycles. The second kappa shape index (κ2) is 4.84. The van der Waals surface area contributed by atoms with Gasteiger partial charge in [0.1, 0.15) is 0 Å². The second-order valence-corrected chi connectivity index (χ2v) is 5.15. The third kappa shape index (κ3) is 2.48. The van der Waals surface area contributed by atoms with E-state index < -0.39 is 11.6 Å². The van der Waals surface area contributed by atoms with E-state index in [9.17, 15) is 13.6 Å². The summed E-state index contributed by atoms with van der Waals surface area (Å²) in [6.07, 6.45) is 2.20. The topological polar surface area (TPSA) is 20.3 Å². The Balaban J connectivity index is 2.25. The quantitative estimate of drug-likeness (QED) is 0.772. The summed E-state index contributed by atoms with van der Waals surface area (Å²) in [5.74, 6) is -1.98. The van der Waals surface area contributed by atoms with Gasteiger partial charge in [-0.3, -0.25) is 4.79 Å². The largest absolute Gasteiger partial charge is 0.339 e. The van der Waals surface area contributed by atoms with E-state index in [-0.39, 0.29) is 22.5 Å².